The SMILES string of the molecule is CCCNC1CCCN(Cc2cccc(C)c2)C1. The molecule has 1 atom stereocenters. The number of benzene rings is 1. The van der Waals surface area contributed by atoms with Gasteiger partial charge in [-0.15, -0.1) is 0 Å². The van der Waals surface area contributed by atoms with Crippen molar-refractivity contribution in [3.05, 3.63) is 35.4 Å². The van der Waals surface area contributed by atoms with Crippen LogP contribution in [0.15, 0.2) is 24.3 Å². The second-order valence-corrected chi connectivity index (χ2v) is 5.52. The molecule has 100 valence electrons. The molecule has 1 heterocycles. The molecule has 1 aliphatic heterocycles. The molecule has 0 aromatic heterocycles. The van der Waals surface area contributed by atoms with Gasteiger partial charge < -0.3 is 5.32 Å². The Labute approximate surface area is 111 Å². The van der Waals surface area contributed by atoms with Crippen LogP contribution in [0.25, 0.3) is 0 Å². The van der Waals surface area contributed by atoms with Gasteiger partial charge in [0, 0.05) is 19.1 Å². The minimum absolute atomic E-state index is 0.698. The third kappa shape index (κ3) is 4.11. The summed E-state index contributed by atoms with van der Waals surface area (Å²) >= 11 is 0. The molecule has 0 bridgehead atoms. The predicted octanol–water partition coefficient (Wildman–Crippen LogP) is 2.96. The molecule has 1 aliphatic rings. The Morgan fingerprint density at radius 1 is 1.39 bits per heavy atom. The van der Waals surface area contributed by atoms with E-state index in [1.54, 1.807) is 0 Å². The van der Waals surface area contributed by atoms with Crippen LogP contribution in [-0.4, -0.2) is 30.6 Å². The van der Waals surface area contributed by atoms with Gasteiger partial charge >= 0.3 is 0 Å². The lowest BCUT2D eigenvalue weighted by molar-refractivity contribution is 0.183. The number of aryl methyl sites for hydroxylation is 1. The first kappa shape index (κ1) is 13.6. The van der Waals surface area contributed by atoms with E-state index in [0.717, 1.165) is 13.1 Å². The summed E-state index contributed by atoms with van der Waals surface area (Å²) in [6.45, 7) is 9.12. The Kier molecular flexibility index (Phi) is 5.21. The third-order valence-corrected chi connectivity index (χ3v) is 3.68. The molecule has 0 spiro atoms. The number of nitrogens with one attached hydrogen (secondary N) is 1. The fraction of sp³-hybridized carbons (Fsp3) is 0.625. The van der Waals surface area contributed by atoms with Gasteiger partial charge in [0.15, 0.2) is 0 Å². The van der Waals surface area contributed by atoms with Gasteiger partial charge in [-0.1, -0.05) is 36.8 Å². The standard InChI is InChI=1S/C16H26N2/c1-3-9-17-16-8-5-10-18(13-16)12-15-7-4-6-14(2)11-15/h4,6-7,11,16-17H,3,5,8-10,12-13H2,1-2H3. The molecule has 1 aromatic carbocycles. The highest BCUT2D eigenvalue weighted by atomic mass is 15.2. The van der Waals surface area contributed by atoms with Gasteiger partial charge in [0.05, 0.1) is 0 Å². The summed E-state index contributed by atoms with van der Waals surface area (Å²) in [6, 6.07) is 9.59. The van der Waals surface area contributed by atoms with Crippen molar-refractivity contribution in [3.63, 3.8) is 0 Å². The third-order valence-electron chi connectivity index (χ3n) is 3.68. The maximum absolute atomic E-state index is 3.66. The molecule has 0 saturated carbocycles. The average Bonchev–Trinajstić information content (AvgIpc) is 2.37. The van der Waals surface area contributed by atoms with E-state index in [4.69, 9.17) is 0 Å². The minimum atomic E-state index is 0.698. The summed E-state index contributed by atoms with van der Waals surface area (Å²) in [7, 11) is 0. The highest BCUT2D eigenvalue weighted by Crippen LogP contribution is 2.14. The molecule has 18 heavy (non-hydrogen) atoms. The molecule has 1 N–H and O–H groups in total. The Morgan fingerprint density at radius 3 is 3.06 bits per heavy atom. The molecule has 0 aliphatic carbocycles. The van der Waals surface area contributed by atoms with Gasteiger partial charge in [-0.3, -0.25) is 4.90 Å². The molecule has 1 unspecified atom stereocenters. The van der Waals surface area contributed by atoms with Crippen LogP contribution in [0, 0.1) is 6.92 Å². The van der Waals surface area contributed by atoms with Crippen molar-refractivity contribution in [1.29, 1.82) is 0 Å². The fourth-order valence-electron chi connectivity index (χ4n) is 2.78. The number of hydrogen-bond donors (Lipinski definition) is 1. The molecular weight excluding hydrogens is 220 g/mol. The van der Waals surface area contributed by atoms with E-state index in [2.05, 4.69) is 48.3 Å². The smallest absolute Gasteiger partial charge is 0.0234 e. The van der Waals surface area contributed by atoms with E-state index in [1.165, 1.54) is 43.5 Å². The van der Waals surface area contributed by atoms with Crippen LogP contribution in [-0.2, 0) is 6.54 Å². The van der Waals surface area contributed by atoms with Crippen LogP contribution in [0.1, 0.15) is 37.3 Å². The van der Waals surface area contributed by atoms with Crippen LogP contribution in [0.3, 0.4) is 0 Å². The van der Waals surface area contributed by atoms with Gasteiger partial charge in [-0.2, -0.15) is 0 Å². The van der Waals surface area contributed by atoms with E-state index < -0.39 is 0 Å². The molecular formula is C16H26N2. The number of likely N-dealkylation sites (tertiary alicyclic amines) is 1. The van der Waals surface area contributed by atoms with Crippen LogP contribution in [0.4, 0.5) is 0 Å². The zero-order valence-corrected chi connectivity index (χ0v) is 11.8. The first-order valence-corrected chi connectivity index (χ1v) is 7.29. The molecule has 1 fully saturated rings. The second kappa shape index (κ2) is 6.91. The maximum atomic E-state index is 3.66. The molecule has 1 saturated heterocycles. The summed E-state index contributed by atoms with van der Waals surface area (Å²) < 4.78 is 0. The summed E-state index contributed by atoms with van der Waals surface area (Å²) in [6.07, 6.45) is 3.89. The molecule has 2 heteroatoms. The number of piperidine rings is 1. The molecule has 2 nitrogen and oxygen atoms in total. The van der Waals surface area contributed by atoms with Gasteiger partial charge in [-0.25, -0.2) is 0 Å². The fourth-order valence-corrected chi connectivity index (χ4v) is 2.78. The Morgan fingerprint density at radius 2 is 2.28 bits per heavy atom. The second-order valence-electron chi connectivity index (χ2n) is 5.52. The maximum Gasteiger partial charge on any atom is 0.0234 e. The first-order valence-electron chi connectivity index (χ1n) is 7.29. The lowest BCUT2D eigenvalue weighted by Gasteiger charge is -2.33. The van der Waals surface area contributed by atoms with Gasteiger partial charge in [0.1, 0.15) is 0 Å². The lowest BCUT2D eigenvalue weighted by atomic mass is 10.0. The Bertz CT molecular complexity index is 362. The first-order chi connectivity index (χ1) is 8.78. The largest absolute Gasteiger partial charge is 0.313 e. The lowest BCUT2D eigenvalue weighted by Crippen LogP contribution is -2.45. The highest BCUT2D eigenvalue weighted by Gasteiger charge is 2.18. The predicted molar refractivity (Wildman–Crippen MR) is 77.8 cm³/mol. The molecule has 1 aromatic rings. The number of hydrogen-bond acceptors (Lipinski definition) is 2. The van der Waals surface area contributed by atoms with Crippen molar-refractivity contribution >= 4 is 0 Å². The van der Waals surface area contributed by atoms with Crippen molar-refractivity contribution in [2.24, 2.45) is 0 Å². The van der Waals surface area contributed by atoms with Crippen molar-refractivity contribution < 1.29 is 0 Å². The van der Waals surface area contributed by atoms with E-state index in [9.17, 15) is 0 Å². The molecule has 2 rings (SSSR count). The summed E-state index contributed by atoms with van der Waals surface area (Å²) in [5, 5.41) is 3.66. The summed E-state index contributed by atoms with van der Waals surface area (Å²) in [5.74, 6) is 0. The van der Waals surface area contributed by atoms with Crippen molar-refractivity contribution in [2.75, 3.05) is 19.6 Å². The average molecular weight is 246 g/mol. The number of rotatable bonds is 5. The molecule has 0 radical (unpaired) electrons. The van der Waals surface area contributed by atoms with E-state index in [1.807, 2.05) is 0 Å². The normalized spacial score (nSPS) is 21.1. The van der Waals surface area contributed by atoms with Crippen LogP contribution < -0.4 is 5.32 Å². The topological polar surface area (TPSA) is 15.3 Å². The monoisotopic (exact) mass is 246 g/mol. The van der Waals surface area contributed by atoms with Gasteiger partial charge in [-0.05, 0) is 44.8 Å². The van der Waals surface area contributed by atoms with Crippen LogP contribution in [0.2, 0.25) is 0 Å². The minimum Gasteiger partial charge on any atom is -0.313 e. The van der Waals surface area contributed by atoms with Crippen molar-refractivity contribution in [1.82, 2.24) is 10.2 Å². The Hall–Kier alpha value is -0.860. The van der Waals surface area contributed by atoms with E-state index in [0.29, 0.717) is 6.04 Å². The summed E-state index contributed by atoms with van der Waals surface area (Å²) in [5.41, 5.74) is 2.82. The van der Waals surface area contributed by atoms with Crippen molar-refractivity contribution in [2.45, 2.75) is 45.7 Å². The highest BCUT2D eigenvalue weighted by molar-refractivity contribution is 5.22. The quantitative estimate of drug-likeness (QED) is 0.859. The summed E-state index contributed by atoms with van der Waals surface area (Å²) in [4.78, 5) is 2.59. The van der Waals surface area contributed by atoms with Crippen LogP contribution >= 0.6 is 0 Å². The Balaban J connectivity index is 1.85. The van der Waals surface area contributed by atoms with Gasteiger partial charge in [0.2, 0.25) is 0 Å². The molecule has 0 amide bonds. The zero-order valence-electron chi connectivity index (χ0n) is 11.8. The zero-order chi connectivity index (χ0) is 12.8. The number of nitrogens with zero attached hydrogens (tertiary/aromatic N) is 1. The van der Waals surface area contributed by atoms with Crippen LogP contribution in [0.5, 0.6) is 0 Å². The van der Waals surface area contributed by atoms with E-state index in [-0.39, 0.29) is 0 Å². The van der Waals surface area contributed by atoms with E-state index >= 15 is 0 Å². The van der Waals surface area contributed by atoms with Crippen molar-refractivity contribution in [3.8, 4) is 0 Å². The van der Waals surface area contributed by atoms with Gasteiger partial charge in [0.25, 0.3) is 0 Å².